The molecule has 16 heavy (non-hydrogen) atoms. The van der Waals surface area contributed by atoms with Crippen molar-refractivity contribution in [2.24, 2.45) is 0 Å². The second-order valence-corrected chi connectivity index (χ2v) is 5.48. The largest absolute Gasteiger partial charge is 0.295 e. The number of thioether (sulfide) groups is 1. The first-order valence-electron chi connectivity index (χ1n) is 5.39. The van der Waals surface area contributed by atoms with E-state index < -0.39 is 0 Å². The molecule has 0 amide bonds. The minimum atomic E-state index is 0.334. The Bertz CT molecular complexity index is 372. The van der Waals surface area contributed by atoms with Crippen LogP contribution >= 0.6 is 23.4 Å². The van der Waals surface area contributed by atoms with Crippen molar-refractivity contribution in [3.05, 3.63) is 23.3 Å². The number of aromatic nitrogens is 2. The average molecular weight is 258 g/mol. The van der Waals surface area contributed by atoms with Crippen LogP contribution < -0.4 is 0 Å². The van der Waals surface area contributed by atoms with Gasteiger partial charge in [-0.05, 0) is 20.0 Å². The van der Waals surface area contributed by atoms with Crippen LogP contribution in [-0.2, 0) is 5.88 Å². The Hall–Kier alpha value is -0.320. The molecule has 1 atom stereocenters. The summed E-state index contributed by atoms with van der Waals surface area (Å²) >= 11 is 7.80. The molecule has 0 spiro atoms. The monoisotopic (exact) mass is 257 g/mol. The highest BCUT2D eigenvalue weighted by molar-refractivity contribution is 7.99. The smallest absolute Gasteiger partial charge is 0.146 e. The van der Waals surface area contributed by atoms with Crippen molar-refractivity contribution in [1.82, 2.24) is 14.9 Å². The maximum Gasteiger partial charge on any atom is 0.146 e. The minimum Gasteiger partial charge on any atom is -0.295 e. The maximum atomic E-state index is 5.84. The van der Waals surface area contributed by atoms with E-state index in [9.17, 15) is 0 Å². The van der Waals surface area contributed by atoms with E-state index in [2.05, 4.69) is 21.9 Å². The summed E-state index contributed by atoms with van der Waals surface area (Å²) in [6.07, 6.45) is 0. The van der Waals surface area contributed by atoms with Gasteiger partial charge in [0.15, 0.2) is 0 Å². The molecule has 1 aromatic heterocycles. The van der Waals surface area contributed by atoms with Crippen LogP contribution in [0.2, 0.25) is 0 Å². The van der Waals surface area contributed by atoms with Crippen molar-refractivity contribution in [3.63, 3.8) is 0 Å². The van der Waals surface area contributed by atoms with Crippen LogP contribution in [0.4, 0.5) is 0 Å². The predicted molar refractivity (Wildman–Crippen MR) is 69.0 cm³/mol. The van der Waals surface area contributed by atoms with Gasteiger partial charge in [0.25, 0.3) is 0 Å². The Labute approximate surface area is 106 Å². The Morgan fingerprint density at radius 2 is 2.38 bits per heavy atom. The first kappa shape index (κ1) is 12.1. The number of nitrogens with zero attached hydrogens (tertiary/aromatic N) is 3. The minimum absolute atomic E-state index is 0.334. The summed E-state index contributed by atoms with van der Waals surface area (Å²) in [6, 6.07) is 2.28. The molecule has 1 saturated heterocycles. The van der Waals surface area contributed by atoms with Gasteiger partial charge < -0.3 is 0 Å². The topological polar surface area (TPSA) is 29.0 Å². The SMILES string of the molecule is Cc1cc(CCl)nc(C2CSCCN2C)n1. The molecule has 2 heterocycles. The van der Waals surface area contributed by atoms with Crippen LogP contribution in [0.15, 0.2) is 6.07 Å². The molecule has 1 unspecified atom stereocenters. The zero-order valence-electron chi connectivity index (χ0n) is 9.61. The fourth-order valence-electron chi connectivity index (χ4n) is 1.83. The normalized spacial score (nSPS) is 22.3. The lowest BCUT2D eigenvalue weighted by atomic mass is 10.2. The molecule has 1 aliphatic heterocycles. The van der Waals surface area contributed by atoms with E-state index in [1.165, 1.54) is 5.75 Å². The van der Waals surface area contributed by atoms with E-state index in [4.69, 9.17) is 11.6 Å². The van der Waals surface area contributed by atoms with E-state index in [1.807, 2.05) is 24.8 Å². The molecular formula is C11H16ClN3S. The average Bonchev–Trinajstić information content (AvgIpc) is 2.28. The standard InChI is InChI=1S/C11H16ClN3S/c1-8-5-9(6-12)14-11(13-8)10-7-16-4-3-15(10)2/h5,10H,3-4,6-7H2,1-2H3. The summed E-state index contributed by atoms with van der Waals surface area (Å²) in [5.74, 6) is 3.65. The number of alkyl halides is 1. The van der Waals surface area contributed by atoms with Gasteiger partial charge in [-0.2, -0.15) is 11.8 Å². The predicted octanol–water partition coefficient (Wildman–Crippen LogP) is 2.24. The molecule has 0 bridgehead atoms. The zero-order chi connectivity index (χ0) is 11.5. The van der Waals surface area contributed by atoms with E-state index in [1.54, 1.807) is 0 Å². The lowest BCUT2D eigenvalue weighted by molar-refractivity contribution is 0.264. The molecule has 0 radical (unpaired) electrons. The Balaban J connectivity index is 2.27. The lowest BCUT2D eigenvalue weighted by Crippen LogP contribution is -2.34. The van der Waals surface area contributed by atoms with Crippen LogP contribution in [0.3, 0.4) is 0 Å². The Kier molecular flexibility index (Phi) is 4.05. The van der Waals surface area contributed by atoms with E-state index in [0.717, 1.165) is 29.5 Å². The van der Waals surface area contributed by atoms with Gasteiger partial charge >= 0.3 is 0 Å². The van der Waals surface area contributed by atoms with Gasteiger partial charge in [-0.1, -0.05) is 0 Å². The molecule has 1 fully saturated rings. The summed E-state index contributed by atoms with van der Waals surface area (Å²) in [6.45, 7) is 3.10. The molecule has 1 aromatic rings. The number of rotatable bonds is 2. The van der Waals surface area contributed by atoms with Crippen molar-refractivity contribution >= 4 is 23.4 Å². The Morgan fingerprint density at radius 3 is 3.06 bits per heavy atom. The van der Waals surface area contributed by atoms with Crippen LogP contribution in [0.25, 0.3) is 0 Å². The van der Waals surface area contributed by atoms with Crippen LogP contribution in [0, 0.1) is 6.92 Å². The van der Waals surface area contributed by atoms with E-state index >= 15 is 0 Å². The van der Waals surface area contributed by atoms with Gasteiger partial charge in [0.05, 0.1) is 17.6 Å². The summed E-state index contributed by atoms with van der Waals surface area (Å²) < 4.78 is 0. The first-order chi connectivity index (χ1) is 7.70. The molecule has 88 valence electrons. The molecule has 1 aliphatic rings. The molecule has 0 saturated carbocycles. The van der Waals surface area contributed by atoms with E-state index in [-0.39, 0.29) is 0 Å². The summed E-state index contributed by atoms with van der Waals surface area (Å²) in [7, 11) is 2.14. The third-order valence-corrected chi connectivity index (χ3v) is 4.05. The van der Waals surface area contributed by atoms with Crippen LogP contribution in [-0.4, -0.2) is 40.0 Å². The van der Waals surface area contributed by atoms with Gasteiger partial charge in [-0.15, -0.1) is 11.6 Å². The molecule has 3 nitrogen and oxygen atoms in total. The second kappa shape index (κ2) is 5.34. The van der Waals surface area contributed by atoms with Crippen molar-refractivity contribution in [3.8, 4) is 0 Å². The van der Waals surface area contributed by atoms with Gasteiger partial charge in [0, 0.05) is 23.7 Å². The molecule has 0 aromatic carbocycles. The number of hydrogen-bond acceptors (Lipinski definition) is 4. The summed E-state index contributed by atoms with van der Waals surface area (Å²) in [5.41, 5.74) is 1.93. The third-order valence-electron chi connectivity index (χ3n) is 2.76. The Morgan fingerprint density at radius 1 is 1.56 bits per heavy atom. The second-order valence-electron chi connectivity index (χ2n) is 4.06. The fraction of sp³-hybridized carbons (Fsp3) is 0.636. The van der Waals surface area contributed by atoms with Gasteiger partial charge in [0.1, 0.15) is 5.82 Å². The summed E-state index contributed by atoms with van der Waals surface area (Å²) in [5, 5.41) is 0. The van der Waals surface area contributed by atoms with Crippen molar-refractivity contribution in [1.29, 1.82) is 0 Å². The highest BCUT2D eigenvalue weighted by atomic mass is 35.5. The third kappa shape index (κ3) is 2.67. The van der Waals surface area contributed by atoms with Crippen LogP contribution in [0.1, 0.15) is 23.3 Å². The quantitative estimate of drug-likeness (QED) is 0.760. The summed E-state index contributed by atoms with van der Waals surface area (Å²) in [4.78, 5) is 11.4. The van der Waals surface area contributed by atoms with Crippen LogP contribution in [0.5, 0.6) is 0 Å². The van der Waals surface area contributed by atoms with E-state index in [0.29, 0.717) is 11.9 Å². The highest BCUT2D eigenvalue weighted by Crippen LogP contribution is 2.26. The van der Waals surface area contributed by atoms with Crippen molar-refractivity contribution in [2.45, 2.75) is 18.8 Å². The number of aryl methyl sites for hydroxylation is 1. The van der Waals surface area contributed by atoms with Crippen molar-refractivity contribution in [2.75, 3.05) is 25.1 Å². The molecule has 5 heteroatoms. The maximum absolute atomic E-state index is 5.84. The van der Waals surface area contributed by atoms with Gasteiger partial charge in [-0.25, -0.2) is 9.97 Å². The van der Waals surface area contributed by atoms with Crippen molar-refractivity contribution < 1.29 is 0 Å². The number of halogens is 1. The van der Waals surface area contributed by atoms with Gasteiger partial charge in [0.2, 0.25) is 0 Å². The zero-order valence-corrected chi connectivity index (χ0v) is 11.2. The lowest BCUT2D eigenvalue weighted by Gasteiger charge is -2.31. The number of hydrogen-bond donors (Lipinski definition) is 0. The molecule has 0 aliphatic carbocycles. The first-order valence-corrected chi connectivity index (χ1v) is 7.08. The fourth-order valence-corrected chi connectivity index (χ4v) is 3.18. The molecule has 2 rings (SSSR count). The molecular weight excluding hydrogens is 242 g/mol. The molecule has 0 N–H and O–H groups in total. The highest BCUT2D eigenvalue weighted by Gasteiger charge is 2.23. The van der Waals surface area contributed by atoms with Gasteiger partial charge in [-0.3, -0.25) is 4.90 Å².